The number of anilines is 1. The molecule has 9 nitrogen and oxygen atoms in total. The number of halogens is 3. The number of hydrogen-bond acceptors (Lipinski definition) is 6. The van der Waals surface area contributed by atoms with Crippen molar-refractivity contribution in [2.45, 2.75) is 6.42 Å². The number of imidazole rings is 1. The van der Waals surface area contributed by atoms with Crippen molar-refractivity contribution < 1.29 is 13.5 Å². The van der Waals surface area contributed by atoms with Crippen molar-refractivity contribution in [3.63, 3.8) is 0 Å². The Balaban J connectivity index is 1.77. The molecule has 6 rings (SSSR count). The van der Waals surface area contributed by atoms with Crippen molar-refractivity contribution in [2.24, 2.45) is 0 Å². The Morgan fingerprint density at radius 3 is 2.56 bits per heavy atom. The molecule has 1 aliphatic rings. The molecular weight excluding hydrogens is 494 g/mol. The highest BCUT2D eigenvalue weighted by Crippen LogP contribution is 2.30. The number of benzene rings is 1. The van der Waals surface area contributed by atoms with Crippen LogP contribution in [0.1, 0.15) is 6.42 Å². The number of hydrogen-bond donors (Lipinski definition) is 0. The van der Waals surface area contributed by atoms with Crippen molar-refractivity contribution in [3.8, 4) is 17.4 Å². The minimum Gasteiger partial charge on any atom is -0.480 e. The van der Waals surface area contributed by atoms with Crippen molar-refractivity contribution in [1.82, 2.24) is 23.5 Å². The molecule has 36 heavy (non-hydrogen) atoms. The van der Waals surface area contributed by atoms with Gasteiger partial charge in [0.15, 0.2) is 0 Å². The summed E-state index contributed by atoms with van der Waals surface area (Å²) < 4.78 is 36.8. The SMILES string of the molecule is COc1nc(N2CCC2)cc2c1c(=O)n(-c1cnc3cc(F)ccn13)c(=O)n2-c1ccc(F)c(Cl)c1. The number of nitrogens with zero attached hydrogens (tertiary/aromatic N) is 6. The van der Waals surface area contributed by atoms with Crippen LogP contribution >= 0.6 is 11.6 Å². The maximum Gasteiger partial charge on any atom is 0.342 e. The number of fused-ring (bicyclic) bond motifs is 2. The molecule has 1 saturated heterocycles. The van der Waals surface area contributed by atoms with E-state index < -0.39 is 22.9 Å². The molecule has 182 valence electrons. The quantitative estimate of drug-likeness (QED) is 0.369. The highest BCUT2D eigenvalue weighted by atomic mass is 35.5. The van der Waals surface area contributed by atoms with Gasteiger partial charge in [0.2, 0.25) is 5.88 Å². The zero-order chi connectivity index (χ0) is 25.1. The molecule has 0 N–H and O–H groups in total. The van der Waals surface area contributed by atoms with E-state index in [4.69, 9.17) is 16.3 Å². The fourth-order valence-corrected chi connectivity index (χ4v) is 4.49. The molecule has 1 aliphatic heterocycles. The zero-order valence-electron chi connectivity index (χ0n) is 18.8. The highest BCUT2D eigenvalue weighted by molar-refractivity contribution is 6.30. The van der Waals surface area contributed by atoms with Gasteiger partial charge >= 0.3 is 5.69 Å². The Bertz CT molecular complexity index is 1810. The lowest BCUT2D eigenvalue weighted by atomic mass is 10.2. The fraction of sp³-hybridized carbons (Fsp3) is 0.167. The van der Waals surface area contributed by atoms with Gasteiger partial charge in [-0.2, -0.15) is 4.98 Å². The summed E-state index contributed by atoms with van der Waals surface area (Å²) in [5, 5.41) is -0.168. The molecule has 0 unspecified atom stereocenters. The highest BCUT2D eigenvalue weighted by Gasteiger charge is 2.25. The molecule has 0 amide bonds. The van der Waals surface area contributed by atoms with E-state index in [1.54, 1.807) is 6.07 Å². The second-order valence-corrected chi connectivity index (χ2v) is 8.68. The molecule has 5 heterocycles. The van der Waals surface area contributed by atoms with Crippen LogP contribution in [0.4, 0.5) is 14.6 Å². The first-order chi connectivity index (χ1) is 17.4. The van der Waals surface area contributed by atoms with E-state index in [2.05, 4.69) is 9.97 Å². The molecule has 0 radical (unpaired) electrons. The van der Waals surface area contributed by atoms with Crippen molar-refractivity contribution in [3.05, 3.63) is 86.3 Å². The summed E-state index contributed by atoms with van der Waals surface area (Å²) in [4.78, 5) is 38.4. The van der Waals surface area contributed by atoms with E-state index in [1.807, 2.05) is 4.90 Å². The lowest BCUT2D eigenvalue weighted by molar-refractivity contribution is 0.402. The van der Waals surface area contributed by atoms with Crippen molar-refractivity contribution >= 4 is 34.0 Å². The predicted octanol–water partition coefficient (Wildman–Crippen LogP) is 3.33. The molecular formula is C24H17ClF2N6O3. The molecule has 0 aliphatic carbocycles. The van der Waals surface area contributed by atoms with Crippen molar-refractivity contribution in [1.29, 1.82) is 0 Å². The van der Waals surface area contributed by atoms with Crippen molar-refractivity contribution in [2.75, 3.05) is 25.1 Å². The van der Waals surface area contributed by atoms with Crippen LogP contribution in [0.2, 0.25) is 5.02 Å². The molecule has 0 spiro atoms. The number of pyridine rings is 2. The second kappa shape index (κ2) is 8.16. The largest absolute Gasteiger partial charge is 0.480 e. The Morgan fingerprint density at radius 1 is 1.06 bits per heavy atom. The van der Waals surface area contributed by atoms with Gasteiger partial charge in [-0.05, 0) is 30.7 Å². The summed E-state index contributed by atoms with van der Waals surface area (Å²) in [6.45, 7) is 1.54. The van der Waals surface area contributed by atoms with Gasteiger partial charge in [-0.3, -0.25) is 13.8 Å². The van der Waals surface area contributed by atoms with E-state index in [9.17, 15) is 18.4 Å². The van der Waals surface area contributed by atoms with Crippen LogP contribution in [0.5, 0.6) is 5.88 Å². The van der Waals surface area contributed by atoms with Crippen LogP contribution in [0, 0.1) is 11.6 Å². The average Bonchev–Trinajstić information content (AvgIpc) is 3.22. The van der Waals surface area contributed by atoms with Crippen LogP contribution < -0.4 is 20.9 Å². The van der Waals surface area contributed by atoms with Gasteiger partial charge in [0.25, 0.3) is 5.56 Å². The van der Waals surface area contributed by atoms with Gasteiger partial charge in [0.1, 0.15) is 34.3 Å². The number of aromatic nitrogens is 5. The minimum absolute atomic E-state index is 0.0231. The van der Waals surface area contributed by atoms with Crippen LogP contribution in [-0.4, -0.2) is 43.7 Å². The Hall–Kier alpha value is -4.25. The number of ether oxygens (including phenoxy) is 1. The normalized spacial score (nSPS) is 13.4. The topological polar surface area (TPSA) is 86.7 Å². The molecule has 4 aromatic heterocycles. The van der Waals surface area contributed by atoms with Crippen LogP contribution in [-0.2, 0) is 0 Å². The van der Waals surface area contributed by atoms with Crippen LogP contribution in [0.3, 0.4) is 0 Å². The molecule has 12 heteroatoms. The Kier molecular flexibility index (Phi) is 5.04. The molecule has 1 aromatic carbocycles. The third-order valence-electron chi connectivity index (χ3n) is 6.21. The van der Waals surface area contributed by atoms with E-state index in [1.165, 1.54) is 52.7 Å². The van der Waals surface area contributed by atoms with Gasteiger partial charge in [0, 0.05) is 31.4 Å². The zero-order valence-corrected chi connectivity index (χ0v) is 19.5. The maximum absolute atomic E-state index is 14.0. The van der Waals surface area contributed by atoms with Gasteiger partial charge < -0.3 is 9.64 Å². The minimum atomic E-state index is -0.760. The van der Waals surface area contributed by atoms with Gasteiger partial charge in [0.05, 0.1) is 29.5 Å². The van der Waals surface area contributed by atoms with Crippen LogP contribution in [0.25, 0.3) is 28.1 Å². The molecule has 0 atom stereocenters. The average molecular weight is 511 g/mol. The first-order valence-electron chi connectivity index (χ1n) is 11.0. The first kappa shape index (κ1) is 22.2. The van der Waals surface area contributed by atoms with Gasteiger partial charge in [-0.25, -0.2) is 23.1 Å². The molecule has 0 bridgehead atoms. The Labute approximate surface area is 206 Å². The summed E-state index contributed by atoms with van der Waals surface area (Å²) in [5.41, 5.74) is -0.814. The van der Waals surface area contributed by atoms with E-state index in [0.717, 1.165) is 30.1 Å². The maximum atomic E-state index is 14.0. The number of rotatable bonds is 4. The number of methoxy groups -OCH3 is 1. The fourth-order valence-electron chi connectivity index (χ4n) is 4.31. The summed E-state index contributed by atoms with van der Waals surface area (Å²) >= 11 is 6.05. The summed E-state index contributed by atoms with van der Waals surface area (Å²) in [6, 6.07) is 7.81. The predicted molar refractivity (Wildman–Crippen MR) is 130 cm³/mol. The standard InChI is InChI=1S/C24H17ClF2N6O3/c1-36-22-21-17(11-19(29-22)30-6-2-7-30)32(14-3-4-16(27)15(25)10-14)24(35)33(23(21)34)20-12-28-18-9-13(26)5-8-31(18)20/h3-5,8-12H,2,6-7H2,1H3. The van der Waals surface area contributed by atoms with Gasteiger partial charge in [-0.15, -0.1) is 0 Å². The van der Waals surface area contributed by atoms with E-state index >= 15 is 0 Å². The smallest absolute Gasteiger partial charge is 0.342 e. The van der Waals surface area contributed by atoms with E-state index in [-0.39, 0.29) is 39.0 Å². The first-order valence-corrected chi connectivity index (χ1v) is 11.4. The molecule has 0 saturated carbocycles. The van der Waals surface area contributed by atoms with E-state index in [0.29, 0.717) is 5.82 Å². The lowest BCUT2D eigenvalue weighted by Gasteiger charge is -2.32. The third-order valence-corrected chi connectivity index (χ3v) is 6.50. The lowest BCUT2D eigenvalue weighted by Crippen LogP contribution is -2.40. The summed E-state index contributed by atoms with van der Waals surface area (Å²) in [5.74, 6) is -0.536. The summed E-state index contributed by atoms with van der Waals surface area (Å²) in [6.07, 6.45) is 3.64. The van der Waals surface area contributed by atoms with Crippen LogP contribution in [0.15, 0.2) is 58.4 Å². The molecule has 5 aromatic rings. The summed E-state index contributed by atoms with van der Waals surface area (Å²) in [7, 11) is 1.38. The Morgan fingerprint density at radius 2 is 1.86 bits per heavy atom. The molecule has 1 fully saturated rings. The monoisotopic (exact) mass is 510 g/mol. The second-order valence-electron chi connectivity index (χ2n) is 8.27. The van der Waals surface area contributed by atoms with Gasteiger partial charge in [-0.1, -0.05) is 11.6 Å². The third kappa shape index (κ3) is 3.27.